The second kappa shape index (κ2) is 6.79. The van der Waals surface area contributed by atoms with Crippen LogP contribution in [-0.2, 0) is 6.42 Å². The van der Waals surface area contributed by atoms with E-state index in [0.717, 1.165) is 12.1 Å². The Morgan fingerprint density at radius 1 is 1.14 bits per heavy atom. The maximum Gasteiger partial charge on any atom is 0.250 e. The van der Waals surface area contributed by atoms with Crippen molar-refractivity contribution in [3.63, 3.8) is 0 Å². The van der Waals surface area contributed by atoms with E-state index in [1.54, 1.807) is 18.2 Å². The number of hydrogen-bond acceptors (Lipinski definition) is 3. The molecule has 5 N–H and O–H groups in total. The Bertz CT molecular complexity index is 620. The Balaban J connectivity index is 2.20. The molecule has 0 aromatic heterocycles. The van der Waals surface area contributed by atoms with E-state index in [-0.39, 0.29) is 0 Å². The minimum Gasteiger partial charge on any atom is -0.397 e. The first kappa shape index (κ1) is 14.9. The van der Waals surface area contributed by atoms with Crippen LogP contribution in [-0.4, -0.2) is 5.91 Å². The van der Waals surface area contributed by atoms with Crippen molar-refractivity contribution >= 4 is 23.0 Å². The number of primary amides is 1. The first-order valence-electron chi connectivity index (χ1n) is 7.16. The number of nitrogen functional groups attached to an aromatic ring is 1. The third kappa shape index (κ3) is 3.75. The maximum atomic E-state index is 11.5. The van der Waals surface area contributed by atoms with Gasteiger partial charge in [0.05, 0.1) is 16.9 Å². The van der Waals surface area contributed by atoms with Crippen molar-refractivity contribution in [1.29, 1.82) is 0 Å². The summed E-state index contributed by atoms with van der Waals surface area (Å²) in [6.07, 6.45) is 3.45. The quantitative estimate of drug-likeness (QED) is 0.710. The lowest BCUT2D eigenvalue weighted by molar-refractivity contribution is 0.100. The van der Waals surface area contributed by atoms with Crippen LogP contribution in [0.5, 0.6) is 0 Å². The topological polar surface area (TPSA) is 81.1 Å². The summed E-state index contributed by atoms with van der Waals surface area (Å²) in [5.74, 6) is -0.496. The Morgan fingerprint density at radius 3 is 2.48 bits per heavy atom. The number of benzene rings is 2. The van der Waals surface area contributed by atoms with E-state index in [0.29, 0.717) is 16.9 Å². The third-order valence-electron chi connectivity index (χ3n) is 3.40. The normalized spacial score (nSPS) is 10.3. The lowest BCUT2D eigenvalue weighted by atomic mass is 10.1. The van der Waals surface area contributed by atoms with Crippen LogP contribution < -0.4 is 16.8 Å². The summed E-state index contributed by atoms with van der Waals surface area (Å²) in [6, 6.07) is 13.3. The summed E-state index contributed by atoms with van der Waals surface area (Å²) in [5, 5.41) is 3.18. The van der Waals surface area contributed by atoms with Crippen LogP contribution in [0.15, 0.2) is 42.5 Å². The summed E-state index contributed by atoms with van der Waals surface area (Å²) in [5.41, 5.74) is 15.0. The van der Waals surface area contributed by atoms with Crippen molar-refractivity contribution in [2.24, 2.45) is 5.73 Å². The van der Waals surface area contributed by atoms with E-state index >= 15 is 0 Å². The molecule has 0 radical (unpaired) electrons. The summed E-state index contributed by atoms with van der Waals surface area (Å²) >= 11 is 0. The standard InChI is InChI=1S/C17H21N3O/c1-2-3-5-12-8-10-13(11-9-12)20-16-14(17(19)21)6-4-7-15(16)18/h4,6-11,20H,2-3,5,18H2,1H3,(H2,19,21). The van der Waals surface area contributed by atoms with Crippen molar-refractivity contribution in [1.82, 2.24) is 0 Å². The molecule has 0 saturated carbocycles. The minimum atomic E-state index is -0.496. The van der Waals surface area contributed by atoms with Gasteiger partial charge in [0.15, 0.2) is 0 Å². The molecule has 0 spiro atoms. The monoisotopic (exact) mass is 283 g/mol. The van der Waals surface area contributed by atoms with Crippen molar-refractivity contribution in [2.75, 3.05) is 11.1 Å². The third-order valence-corrected chi connectivity index (χ3v) is 3.40. The van der Waals surface area contributed by atoms with E-state index in [9.17, 15) is 4.79 Å². The number of carbonyl (C=O) groups excluding carboxylic acids is 1. The molecule has 0 bridgehead atoms. The van der Waals surface area contributed by atoms with Gasteiger partial charge in [-0.25, -0.2) is 0 Å². The predicted molar refractivity (Wildman–Crippen MR) is 87.7 cm³/mol. The van der Waals surface area contributed by atoms with Crippen molar-refractivity contribution in [3.05, 3.63) is 53.6 Å². The molecule has 0 aliphatic carbocycles. The van der Waals surface area contributed by atoms with Gasteiger partial charge in [0.25, 0.3) is 5.91 Å². The molecular formula is C17H21N3O. The van der Waals surface area contributed by atoms with Gasteiger partial charge in [-0.15, -0.1) is 0 Å². The van der Waals surface area contributed by atoms with Crippen LogP contribution in [0.4, 0.5) is 17.1 Å². The van der Waals surface area contributed by atoms with Crippen LogP contribution in [0, 0.1) is 0 Å². The summed E-state index contributed by atoms with van der Waals surface area (Å²) in [7, 11) is 0. The highest BCUT2D eigenvalue weighted by atomic mass is 16.1. The maximum absolute atomic E-state index is 11.5. The van der Waals surface area contributed by atoms with Gasteiger partial charge in [-0.2, -0.15) is 0 Å². The van der Waals surface area contributed by atoms with Crippen LogP contribution in [0.1, 0.15) is 35.7 Å². The Morgan fingerprint density at radius 2 is 1.86 bits per heavy atom. The zero-order valence-corrected chi connectivity index (χ0v) is 12.2. The fraction of sp³-hybridized carbons (Fsp3) is 0.235. The molecule has 0 aliphatic heterocycles. The van der Waals surface area contributed by atoms with Crippen LogP contribution in [0.2, 0.25) is 0 Å². The highest BCUT2D eigenvalue weighted by molar-refractivity contribution is 6.02. The smallest absolute Gasteiger partial charge is 0.250 e. The average molecular weight is 283 g/mol. The fourth-order valence-electron chi connectivity index (χ4n) is 2.19. The zero-order chi connectivity index (χ0) is 15.2. The molecule has 0 unspecified atom stereocenters. The summed E-state index contributed by atoms with van der Waals surface area (Å²) < 4.78 is 0. The van der Waals surface area contributed by atoms with Crippen LogP contribution >= 0.6 is 0 Å². The number of carbonyl (C=O) groups is 1. The van der Waals surface area contributed by atoms with Gasteiger partial charge in [-0.05, 0) is 42.7 Å². The van der Waals surface area contributed by atoms with Gasteiger partial charge in [0.1, 0.15) is 0 Å². The molecule has 0 heterocycles. The Kier molecular flexibility index (Phi) is 4.82. The van der Waals surface area contributed by atoms with Gasteiger partial charge < -0.3 is 16.8 Å². The number of anilines is 3. The number of rotatable bonds is 6. The van der Waals surface area contributed by atoms with Crippen molar-refractivity contribution < 1.29 is 4.79 Å². The second-order valence-corrected chi connectivity index (χ2v) is 5.06. The molecule has 0 fully saturated rings. The van der Waals surface area contributed by atoms with Crippen LogP contribution in [0.25, 0.3) is 0 Å². The molecule has 4 heteroatoms. The first-order valence-corrected chi connectivity index (χ1v) is 7.16. The van der Waals surface area contributed by atoms with Crippen molar-refractivity contribution in [2.45, 2.75) is 26.2 Å². The number of nitrogens with one attached hydrogen (secondary N) is 1. The van der Waals surface area contributed by atoms with Gasteiger partial charge in [-0.3, -0.25) is 4.79 Å². The van der Waals surface area contributed by atoms with Gasteiger partial charge in [-0.1, -0.05) is 31.5 Å². The van der Waals surface area contributed by atoms with Crippen molar-refractivity contribution in [3.8, 4) is 0 Å². The Hall–Kier alpha value is -2.49. The van der Waals surface area contributed by atoms with E-state index in [1.165, 1.54) is 18.4 Å². The molecule has 2 aromatic rings. The van der Waals surface area contributed by atoms with Crippen LogP contribution in [0.3, 0.4) is 0 Å². The Labute approximate surface area is 125 Å². The van der Waals surface area contributed by atoms with E-state index in [4.69, 9.17) is 11.5 Å². The predicted octanol–water partition coefficient (Wildman–Crippen LogP) is 3.45. The second-order valence-electron chi connectivity index (χ2n) is 5.06. The molecule has 4 nitrogen and oxygen atoms in total. The SMILES string of the molecule is CCCCc1ccc(Nc2c(N)cccc2C(N)=O)cc1. The highest BCUT2D eigenvalue weighted by Crippen LogP contribution is 2.27. The molecule has 21 heavy (non-hydrogen) atoms. The highest BCUT2D eigenvalue weighted by Gasteiger charge is 2.11. The minimum absolute atomic E-state index is 0.394. The molecule has 0 atom stereocenters. The average Bonchev–Trinajstić information content (AvgIpc) is 2.48. The van der Waals surface area contributed by atoms with E-state index in [2.05, 4.69) is 24.4 Å². The molecule has 0 saturated heterocycles. The van der Waals surface area contributed by atoms with Gasteiger partial charge in [0.2, 0.25) is 0 Å². The first-order chi connectivity index (χ1) is 10.1. The summed E-state index contributed by atoms with van der Waals surface area (Å²) in [6.45, 7) is 2.18. The fourth-order valence-corrected chi connectivity index (χ4v) is 2.19. The number of unbranched alkanes of at least 4 members (excludes halogenated alkanes) is 1. The molecule has 2 aromatic carbocycles. The number of amides is 1. The van der Waals surface area contributed by atoms with Gasteiger partial charge in [0, 0.05) is 5.69 Å². The largest absolute Gasteiger partial charge is 0.397 e. The van der Waals surface area contributed by atoms with E-state index in [1.807, 2.05) is 12.1 Å². The zero-order valence-electron chi connectivity index (χ0n) is 12.2. The van der Waals surface area contributed by atoms with E-state index < -0.39 is 5.91 Å². The lowest BCUT2D eigenvalue weighted by Gasteiger charge is -2.13. The molecule has 110 valence electrons. The lowest BCUT2D eigenvalue weighted by Crippen LogP contribution is -2.14. The van der Waals surface area contributed by atoms with Gasteiger partial charge >= 0.3 is 0 Å². The molecule has 0 aliphatic rings. The number of hydrogen-bond donors (Lipinski definition) is 3. The molecule has 2 rings (SSSR count). The molecule has 1 amide bonds. The summed E-state index contributed by atoms with van der Waals surface area (Å²) in [4.78, 5) is 11.5. The number of aryl methyl sites for hydroxylation is 1. The number of para-hydroxylation sites is 1. The number of nitrogens with two attached hydrogens (primary N) is 2. The molecular weight excluding hydrogens is 262 g/mol.